The topological polar surface area (TPSA) is 89.9 Å². The molecule has 2 aromatic heterocycles. The smallest absolute Gasteiger partial charge is 0.229 e. The van der Waals surface area contributed by atoms with Crippen molar-refractivity contribution in [1.29, 1.82) is 0 Å². The van der Waals surface area contributed by atoms with E-state index < -0.39 is 5.60 Å². The number of piperazine rings is 1. The maximum absolute atomic E-state index is 15.4. The monoisotopic (exact) mass is 573 g/mol. The molecule has 4 atom stereocenters. The van der Waals surface area contributed by atoms with Gasteiger partial charge in [-0.2, -0.15) is 4.98 Å². The number of nitrogens with one attached hydrogen (secondary N) is 1. The van der Waals surface area contributed by atoms with Gasteiger partial charge in [-0.3, -0.25) is 4.90 Å². The molecular formula is C32H40FN7O2. The van der Waals surface area contributed by atoms with Crippen LogP contribution in [0.5, 0.6) is 0 Å². The first kappa shape index (κ1) is 27.5. The largest absolute Gasteiger partial charge is 0.384 e. The highest BCUT2D eigenvalue weighted by atomic mass is 19.1. The second kappa shape index (κ2) is 9.33. The van der Waals surface area contributed by atoms with Crippen molar-refractivity contribution in [3.05, 3.63) is 59.7 Å². The lowest BCUT2D eigenvalue weighted by atomic mass is 9.73. The molecule has 3 saturated heterocycles. The Hall–Kier alpha value is -3.34. The van der Waals surface area contributed by atoms with E-state index in [2.05, 4.69) is 52.8 Å². The molecule has 1 aromatic carbocycles. The first-order valence-electron chi connectivity index (χ1n) is 14.9. The number of fused-ring (bicyclic) bond motifs is 5. The van der Waals surface area contributed by atoms with Crippen LogP contribution in [-0.4, -0.2) is 75.4 Å². The summed E-state index contributed by atoms with van der Waals surface area (Å²) in [7, 11) is 2.15. The fourth-order valence-electron chi connectivity index (χ4n) is 7.27. The Morgan fingerprint density at radius 1 is 1.10 bits per heavy atom. The predicted octanol–water partition coefficient (Wildman–Crippen LogP) is 4.85. The number of nitrogens with zero attached hydrogens (tertiary/aromatic N) is 6. The van der Waals surface area contributed by atoms with E-state index in [0.717, 1.165) is 37.3 Å². The summed E-state index contributed by atoms with van der Waals surface area (Å²) in [6, 6.07) is 11.9. The SMILES string of the molecule is CN1C[C@H]2C[C@@H]1CN2c1ccc(Nc2ncc3c(n2)N(c2cccc(C(C)(C)O)n2)[C@H]2CC(C)(C)OC[C@@]32C)cc1F. The van der Waals surface area contributed by atoms with Gasteiger partial charge in [0.25, 0.3) is 0 Å². The minimum Gasteiger partial charge on any atom is -0.384 e. The zero-order valence-corrected chi connectivity index (χ0v) is 25.2. The Morgan fingerprint density at radius 2 is 1.90 bits per heavy atom. The Kier molecular flexibility index (Phi) is 6.11. The average molecular weight is 574 g/mol. The maximum atomic E-state index is 15.4. The van der Waals surface area contributed by atoms with Crippen molar-refractivity contribution in [1.82, 2.24) is 19.9 Å². The van der Waals surface area contributed by atoms with Gasteiger partial charge in [0.2, 0.25) is 5.95 Å². The van der Waals surface area contributed by atoms with Gasteiger partial charge in [0, 0.05) is 48.0 Å². The normalized spacial score (nSPS) is 28.2. The van der Waals surface area contributed by atoms with Crippen LogP contribution in [0.2, 0.25) is 0 Å². The molecule has 0 radical (unpaired) electrons. The third-order valence-corrected chi connectivity index (χ3v) is 9.74. The highest BCUT2D eigenvalue weighted by molar-refractivity contribution is 5.71. The summed E-state index contributed by atoms with van der Waals surface area (Å²) < 4.78 is 21.7. The lowest BCUT2D eigenvalue weighted by molar-refractivity contribution is -0.0893. The number of hydrogen-bond acceptors (Lipinski definition) is 9. The molecular weight excluding hydrogens is 533 g/mol. The van der Waals surface area contributed by atoms with Crippen molar-refractivity contribution < 1.29 is 14.2 Å². The summed E-state index contributed by atoms with van der Waals surface area (Å²) in [5.41, 5.74) is 1.05. The number of likely N-dealkylation sites (tertiary alicyclic amines) is 1. The number of aromatic nitrogens is 3. The van der Waals surface area contributed by atoms with Crippen LogP contribution in [0.4, 0.5) is 33.3 Å². The van der Waals surface area contributed by atoms with E-state index in [1.54, 1.807) is 13.8 Å². The van der Waals surface area contributed by atoms with Gasteiger partial charge in [-0.1, -0.05) is 13.0 Å². The summed E-state index contributed by atoms with van der Waals surface area (Å²) in [5.74, 6) is 1.60. The number of ether oxygens (including phenoxy) is 1. The van der Waals surface area contributed by atoms with Crippen LogP contribution in [0.25, 0.3) is 0 Å². The molecule has 0 aliphatic carbocycles. The van der Waals surface area contributed by atoms with Crippen molar-refractivity contribution in [3.63, 3.8) is 0 Å². The van der Waals surface area contributed by atoms with Gasteiger partial charge in [-0.15, -0.1) is 0 Å². The number of hydrogen-bond donors (Lipinski definition) is 2. The summed E-state index contributed by atoms with van der Waals surface area (Å²) in [4.78, 5) is 21.3. The molecule has 3 fully saturated rings. The van der Waals surface area contributed by atoms with Gasteiger partial charge in [-0.05, 0) is 77.9 Å². The Balaban J connectivity index is 1.22. The molecule has 222 valence electrons. The molecule has 42 heavy (non-hydrogen) atoms. The van der Waals surface area contributed by atoms with Crippen molar-refractivity contribution in [2.45, 2.75) is 82.2 Å². The van der Waals surface area contributed by atoms with Crippen molar-refractivity contribution in [2.75, 3.05) is 41.9 Å². The fourth-order valence-corrected chi connectivity index (χ4v) is 7.27. The molecule has 10 heteroatoms. The van der Waals surface area contributed by atoms with Crippen LogP contribution in [-0.2, 0) is 15.8 Å². The van der Waals surface area contributed by atoms with Crippen LogP contribution in [0, 0.1) is 5.82 Å². The quantitative estimate of drug-likeness (QED) is 0.445. The van der Waals surface area contributed by atoms with Crippen LogP contribution in [0.15, 0.2) is 42.6 Å². The standard InChI is InChI=1S/C32H40FN7O2/c1-30(2)14-26-32(5,18-42-30)22-15-34-29(37-28(22)40(26)27-9-7-8-25(36-27)31(3,4)41)35-19-10-11-24(23(33)12-19)39-17-20-13-21(39)16-38(20)6/h7-12,15,20-21,26,41H,13-14,16-18H2,1-6H3,(H,34,35,37)/t20-,21-,26+,32+/m1/s1. The van der Waals surface area contributed by atoms with Gasteiger partial charge in [0.1, 0.15) is 23.1 Å². The Morgan fingerprint density at radius 3 is 2.60 bits per heavy atom. The summed E-state index contributed by atoms with van der Waals surface area (Å²) in [6.07, 6.45) is 3.71. The second-order valence-electron chi connectivity index (χ2n) is 13.9. The van der Waals surface area contributed by atoms with Crippen molar-refractivity contribution >= 4 is 29.0 Å². The zero-order valence-electron chi connectivity index (χ0n) is 25.2. The van der Waals surface area contributed by atoms with E-state index in [1.165, 1.54) is 6.07 Å². The number of rotatable bonds is 5. The minimum absolute atomic E-state index is 0.0249. The molecule has 4 aliphatic heterocycles. The van der Waals surface area contributed by atoms with Crippen LogP contribution >= 0.6 is 0 Å². The van der Waals surface area contributed by atoms with Gasteiger partial charge in [0.05, 0.1) is 29.6 Å². The highest BCUT2D eigenvalue weighted by Crippen LogP contribution is 2.53. The van der Waals surface area contributed by atoms with E-state index in [9.17, 15) is 5.11 Å². The van der Waals surface area contributed by atoms with Gasteiger partial charge >= 0.3 is 0 Å². The number of benzene rings is 1. The van der Waals surface area contributed by atoms with E-state index >= 15 is 4.39 Å². The van der Waals surface area contributed by atoms with E-state index in [-0.39, 0.29) is 22.9 Å². The molecule has 4 aliphatic rings. The van der Waals surface area contributed by atoms with E-state index in [0.29, 0.717) is 47.5 Å². The summed E-state index contributed by atoms with van der Waals surface area (Å²) in [5, 5.41) is 14.0. The van der Waals surface area contributed by atoms with Crippen molar-refractivity contribution in [3.8, 4) is 0 Å². The van der Waals surface area contributed by atoms with E-state index in [1.807, 2.05) is 36.5 Å². The van der Waals surface area contributed by atoms with Crippen LogP contribution in [0.3, 0.4) is 0 Å². The minimum atomic E-state index is -1.09. The number of likely N-dealkylation sites (N-methyl/N-ethyl adjacent to an activating group) is 1. The lowest BCUT2D eigenvalue weighted by Gasteiger charge is -2.46. The zero-order chi connectivity index (χ0) is 29.6. The highest BCUT2D eigenvalue weighted by Gasteiger charge is 2.55. The fraction of sp³-hybridized carbons (Fsp3) is 0.531. The van der Waals surface area contributed by atoms with Gasteiger partial charge in [-0.25, -0.2) is 14.4 Å². The molecule has 9 nitrogen and oxygen atoms in total. The molecule has 3 aromatic rings. The first-order chi connectivity index (χ1) is 19.8. The Bertz CT molecular complexity index is 1540. The number of halogens is 1. The lowest BCUT2D eigenvalue weighted by Crippen LogP contribution is -2.54. The van der Waals surface area contributed by atoms with Gasteiger partial charge in [0.15, 0.2) is 0 Å². The summed E-state index contributed by atoms with van der Waals surface area (Å²) >= 11 is 0. The second-order valence-corrected chi connectivity index (χ2v) is 13.9. The molecule has 7 rings (SSSR count). The van der Waals surface area contributed by atoms with Crippen LogP contribution in [0.1, 0.15) is 58.7 Å². The molecule has 6 heterocycles. The molecule has 0 saturated carbocycles. The molecule has 2 bridgehead atoms. The molecule has 0 spiro atoms. The number of anilines is 5. The number of pyridine rings is 1. The maximum Gasteiger partial charge on any atom is 0.229 e. The first-order valence-corrected chi connectivity index (χ1v) is 14.9. The molecule has 0 amide bonds. The third kappa shape index (κ3) is 4.42. The Labute approximate surface area is 246 Å². The average Bonchev–Trinajstić information content (AvgIpc) is 3.57. The summed E-state index contributed by atoms with van der Waals surface area (Å²) in [6.45, 7) is 12.2. The van der Waals surface area contributed by atoms with Crippen molar-refractivity contribution in [2.24, 2.45) is 0 Å². The van der Waals surface area contributed by atoms with E-state index in [4.69, 9.17) is 14.7 Å². The molecule has 2 N–H and O–H groups in total. The van der Waals surface area contributed by atoms with Crippen LogP contribution < -0.4 is 15.1 Å². The van der Waals surface area contributed by atoms with Gasteiger partial charge < -0.3 is 25.0 Å². The molecule has 0 unspecified atom stereocenters. The third-order valence-electron chi connectivity index (χ3n) is 9.74. The number of aliphatic hydroxyl groups is 1. The predicted molar refractivity (Wildman–Crippen MR) is 161 cm³/mol.